The average molecular weight is 314 g/mol. The van der Waals surface area contributed by atoms with Crippen LogP contribution in [0.4, 0.5) is 11.5 Å². The minimum atomic E-state index is -0.803. The molecule has 0 spiro atoms. The molecule has 7 nitrogen and oxygen atoms in total. The van der Waals surface area contributed by atoms with Crippen molar-refractivity contribution < 1.29 is 9.13 Å². The summed E-state index contributed by atoms with van der Waals surface area (Å²) in [5, 5.41) is 18.7. The third kappa shape index (κ3) is 3.42. The second kappa shape index (κ2) is 6.55. The Balaban J connectivity index is 2.15. The van der Waals surface area contributed by atoms with E-state index in [0.29, 0.717) is 17.3 Å². The van der Waals surface area contributed by atoms with Gasteiger partial charge >= 0.3 is 5.69 Å². The van der Waals surface area contributed by atoms with Crippen molar-refractivity contribution in [3.63, 3.8) is 0 Å². The normalized spacial score (nSPS) is 23.8. The van der Waals surface area contributed by atoms with E-state index in [0.717, 1.165) is 25.7 Å². The number of aryl methyl sites for hydroxylation is 2. The summed E-state index contributed by atoms with van der Waals surface area (Å²) >= 11 is 0. The van der Waals surface area contributed by atoms with Gasteiger partial charge in [-0.1, -0.05) is 13.3 Å². The number of hydrogen-bond acceptors (Lipinski definition) is 5. The van der Waals surface area contributed by atoms with Crippen LogP contribution in [0.25, 0.3) is 0 Å². The molecule has 0 amide bonds. The Morgan fingerprint density at radius 3 is 2.86 bits per heavy atom. The summed E-state index contributed by atoms with van der Waals surface area (Å²) in [6.45, 7) is 3.57. The summed E-state index contributed by atoms with van der Waals surface area (Å²) in [6, 6.07) is 0.118. The predicted octanol–water partition coefficient (Wildman–Crippen LogP) is 2.13. The fraction of sp³-hybridized carbons (Fsp3) is 0.769. The highest BCUT2D eigenvalue weighted by Crippen LogP contribution is 2.31. The Kier molecular flexibility index (Phi) is 4.97. The summed E-state index contributed by atoms with van der Waals surface area (Å²) in [6.07, 6.45) is 3.71. The molecule has 3 atom stereocenters. The van der Waals surface area contributed by atoms with Crippen molar-refractivity contribution in [3.8, 4) is 0 Å². The van der Waals surface area contributed by atoms with Crippen molar-refractivity contribution in [2.45, 2.75) is 50.8 Å². The lowest BCUT2D eigenvalue weighted by Gasteiger charge is -2.29. The van der Waals surface area contributed by atoms with E-state index in [9.17, 15) is 14.3 Å². The smallest absolute Gasteiger partial charge is 0.333 e. The largest absolute Gasteiger partial charge is 0.362 e. The van der Waals surface area contributed by atoms with Gasteiger partial charge in [-0.2, -0.15) is 5.10 Å². The Labute approximate surface area is 126 Å². The zero-order chi connectivity index (χ0) is 15.6. The highest BCUT2D eigenvalue weighted by molar-refractivity contribution is 7.85. The average Bonchev–Trinajstić information content (AvgIpc) is 2.72. The van der Waals surface area contributed by atoms with Crippen molar-refractivity contribution >= 4 is 22.3 Å². The van der Waals surface area contributed by atoms with Crippen molar-refractivity contribution in [1.29, 1.82) is 0 Å². The first kappa shape index (κ1) is 15.9. The fourth-order valence-electron chi connectivity index (χ4n) is 2.97. The minimum absolute atomic E-state index is 0.0382. The van der Waals surface area contributed by atoms with Gasteiger partial charge in [-0.05, 0) is 26.2 Å². The number of nitro groups is 1. The van der Waals surface area contributed by atoms with Crippen molar-refractivity contribution in [2.75, 3.05) is 11.1 Å². The van der Waals surface area contributed by atoms with E-state index in [-0.39, 0.29) is 17.0 Å². The molecule has 0 aliphatic heterocycles. The minimum Gasteiger partial charge on any atom is -0.362 e. The third-order valence-corrected chi connectivity index (χ3v) is 5.74. The molecule has 0 aromatic carbocycles. The molecule has 0 radical (unpaired) electrons. The van der Waals surface area contributed by atoms with Crippen LogP contribution in [-0.2, 0) is 17.8 Å². The predicted molar refractivity (Wildman–Crippen MR) is 82.9 cm³/mol. The summed E-state index contributed by atoms with van der Waals surface area (Å²) < 4.78 is 13.5. The van der Waals surface area contributed by atoms with Gasteiger partial charge in [0, 0.05) is 34.9 Å². The number of anilines is 1. The fourth-order valence-corrected chi connectivity index (χ4v) is 4.32. The molecule has 1 aromatic rings. The summed E-state index contributed by atoms with van der Waals surface area (Å²) in [4.78, 5) is 10.8. The first-order valence-corrected chi connectivity index (χ1v) is 8.64. The molecule has 118 valence electrons. The number of nitrogens with zero attached hydrogens (tertiary/aromatic N) is 3. The molecule has 1 aliphatic carbocycles. The van der Waals surface area contributed by atoms with Crippen LogP contribution in [0.2, 0.25) is 0 Å². The maximum Gasteiger partial charge on any atom is 0.333 e. The van der Waals surface area contributed by atoms with Crippen LogP contribution in [0.3, 0.4) is 0 Å². The van der Waals surface area contributed by atoms with Gasteiger partial charge in [0.1, 0.15) is 5.69 Å². The molecule has 1 saturated carbocycles. The van der Waals surface area contributed by atoms with E-state index >= 15 is 0 Å². The zero-order valence-corrected chi connectivity index (χ0v) is 13.5. The van der Waals surface area contributed by atoms with Crippen LogP contribution in [0, 0.1) is 17.0 Å². The van der Waals surface area contributed by atoms with E-state index in [1.165, 1.54) is 4.68 Å². The molecule has 2 rings (SSSR count). The second-order valence-corrected chi connectivity index (χ2v) is 7.47. The second-order valence-electron chi connectivity index (χ2n) is 5.46. The van der Waals surface area contributed by atoms with E-state index in [1.54, 1.807) is 14.0 Å². The highest BCUT2D eigenvalue weighted by atomic mass is 32.2. The molecule has 0 saturated heterocycles. The molecule has 1 N–H and O–H groups in total. The Bertz CT molecular complexity index is 558. The Hall–Kier alpha value is -1.44. The van der Waals surface area contributed by atoms with Crippen LogP contribution in [0.5, 0.6) is 0 Å². The van der Waals surface area contributed by atoms with Gasteiger partial charge in [0.25, 0.3) is 0 Å². The van der Waals surface area contributed by atoms with Crippen LogP contribution in [-0.4, -0.2) is 36.0 Å². The van der Waals surface area contributed by atoms with Crippen LogP contribution in [0.1, 0.15) is 38.3 Å². The molecule has 1 aromatic heterocycles. The monoisotopic (exact) mass is 314 g/mol. The Morgan fingerprint density at radius 1 is 1.52 bits per heavy atom. The lowest BCUT2D eigenvalue weighted by molar-refractivity contribution is -0.384. The molecule has 1 heterocycles. The Morgan fingerprint density at radius 2 is 2.24 bits per heavy atom. The molecular weight excluding hydrogens is 292 g/mol. The molecule has 8 heteroatoms. The van der Waals surface area contributed by atoms with Gasteiger partial charge in [0.2, 0.25) is 5.82 Å². The quantitative estimate of drug-likeness (QED) is 0.664. The summed E-state index contributed by atoms with van der Waals surface area (Å²) in [5.74, 6) is 1.12. The number of aromatic nitrogens is 2. The standard InChI is InChI=1S/C13H22N4O3S/c1-4-21(20)11-7-5-6-10(8-11)14-13-12(17(18)19)9(2)15-16(13)3/h10-11,14H,4-8H2,1-3H3/t10-,11-,21+/m1/s1. The molecule has 0 bridgehead atoms. The maximum atomic E-state index is 12.0. The molecule has 21 heavy (non-hydrogen) atoms. The zero-order valence-electron chi connectivity index (χ0n) is 12.7. The topological polar surface area (TPSA) is 90.1 Å². The van der Waals surface area contributed by atoms with Gasteiger partial charge in [-0.15, -0.1) is 0 Å². The van der Waals surface area contributed by atoms with Crippen molar-refractivity contribution in [1.82, 2.24) is 9.78 Å². The number of nitrogens with one attached hydrogen (secondary N) is 1. The lowest BCUT2D eigenvalue weighted by atomic mass is 9.95. The van der Waals surface area contributed by atoms with Gasteiger partial charge in [0.05, 0.1) is 4.92 Å². The number of hydrogen-bond donors (Lipinski definition) is 1. The van der Waals surface area contributed by atoms with Crippen molar-refractivity contribution in [2.24, 2.45) is 7.05 Å². The number of rotatable bonds is 5. The van der Waals surface area contributed by atoms with E-state index in [2.05, 4.69) is 10.4 Å². The van der Waals surface area contributed by atoms with E-state index in [1.807, 2.05) is 6.92 Å². The molecule has 1 aliphatic rings. The first-order valence-electron chi connectivity index (χ1n) is 7.25. The summed E-state index contributed by atoms with van der Waals surface area (Å²) in [7, 11) is 0.899. The van der Waals surface area contributed by atoms with Crippen LogP contribution < -0.4 is 5.32 Å². The molecule has 0 unspecified atom stereocenters. The van der Waals surface area contributed by atoms with Crippen LogP contribution in [0.15, 0.2) is 0 Å². The molecule has 1 fully saturated rings. The first-order chi connectivity index (χ1) is 9.93. The SMILES string of the molecule is CC[S@](=O)[C@@H]1CCC[C@@H](Nc2c([N+](=O)[O-])c(C)nn2C)C1. The third-order valence-electron chi connectivity index (χ3n) is 4.00. The van der Waals surface area contributed by atoms with Crippen molar-refractivity contribution in [3.05, 3.63) is 15.8 Å². The van der Waals surface area contributed by atoms with E-state index < -0.39 is 15.7 Å². The van der Waals surface area contributed by atoms with Gasteiger partial charge in [0.15, 0.2) is 0 Å². The van der Waals surface area contributed by atoms with E-state index in [4.69, 9.17) is 0 Å². The van der Waals surface area contributed by atoms with Gasteiger partial charge in [-0.3, -0.25) is 14.3 Å². The molecular formula is C13H22N4O3S. The lowest BCUT2D eigenvalue weighted by Crippen LogP contribution is -2.33. The van der Waals surface area contributed by atoms with Gasteiger partial charge in [-0.25, -0.2) is 4.68 Å². The van der Waals surface area contributed by atoms with Gasteiger partial charge < -0.3 is 5.32 Å². The van der Waals surface area contributed by atoms with Crippen LogP contribution >= 0.6 is 0 Å². The highest BCUT2D eigenvalue weighted by Gasteiger charge is 2.30. The maximum absolute atomic E-state index is 12.0. The summed E-state index contributed by atoms with van der Waals surface area (Å²) in [5.41, 5.74) is 0.450.